The third kappa shape index (κ3) is 3.55. The van der Waals surface area contributed by atoms with Crippen molar-refractivity contribution in [1.82, 2.24) is 4.98 Å². The Morgan fingerprint density at radius 1 is 1.26 bits per heavy atom. The van der Waals surface area contributed by atoms with Gasteiger partial charge in [-0.15, -0.1) is 0 Å². The zero-order valence-electron chi connectivity index (χ0n) is 10.4. The van der Waals surface area contributed by atoms with Crippen LogP contribution < -0.4 is 10.5 Å². The van der Waals surface area contributed by atoms with Crippen LogP contribution in [0.1, 0.15) is 24.1 Å². The summed E-state index contributed by atoms with van der Waals surface area (Å²) in [6.45, 7) is 2.55. The van der Waals surface area contributed by atoms with Gasteiger partial charge >= 0.3 is 0 Å². The van der Waals surface area contributed by atoms with E-state index < -0.39 is 0 Å². The van der Waals surface area contributed by atoms with Gasteiger partial charge in [0.1, 0.15) is 5.75 Å². The van der Waals surface area contributed by atoms with Crippen LogP contribution in [-0.2, 0) is 0 Å². The lowest BCUT2D eigenvalue weighted by atomic mass is 10.0. The van der Waals surface area contributed by atoms with Crippen LogP contribution in [0.3, 0.4) is 0 Å². The molecule has 0 aliphatic carbocycles. The first-order valence-electron chi connectivity index (χ1n) is 5.90. The van der Waals surface area contributed by atoms with E-state index in [1.807, 2.05) is 31.2 Å². The zero-order valence-corrected chi connectivity index (χ0v) is 13.6. The van der Waals surface area contributed by atoms with E-state index in [2.05, 4.69) is 36.8 Å². The predicted molar refractivity (Wildman–Crippen MR) is 83.3 cm³/mol. The van der Waals surface area contributed by atoms with Gasteiger partial charge in [-0.25, -0.2) is 0 Å². The van der Waals surface area contributed by atoms with Gasteiger partial charge in [-0.2, -0.15) is 0 Å². The number of halogens is 2. The highest BCUT2D eigenvalue weighted by Gasteiger charge is 2.14. The second-order valence-electron chi connectivity index (χ2n) is 4.03. The minimum atomic E-state index is -0.250. The third-order valence-electron chi connectivity index (χ3n) is 2.70. The first-order chi connectivity index (χ1) is 9.11. The summed E-state index contributed by atoms with van der Waals surface area (Å²) < 4.78 is 7.42. The average molecular weight is 386 g/mol. The summed E-state index contributed by atoms with van der Waals surface area (Å²) in [5.41, 5.74) is 8.23. The van der Waals surface area contributed by atoms with Crippen molar-refractivity contribution in [2.24, 2.45) is 5.73 Å². The van der Waals surface area contributed by atoms with Crippen molar-refractivity contribution in [2.75, 3.05) is 6.61 Å². The Labute approximate surface area is 129 Å². The monoisotopic (exact) mass is 384 g/mol. The van der Waals surface area contributed by atoms with Crippen molar-refractivity contribution in [3.63, 3.8) is 0 Å². The molecule has 19 heavy (non-hydrogen) atoms. The summed E-state index contributed by atoms with van der Waals surface area (Å²) in [6, 6.07) is 7.62. The fraction of sp³-hybridized carbons (Fsp3) is 0.214. The Bertz CT molecular complexity index is 575. The average Bonchev–Trinajstić information content (AvgIpc) is 2.41. The van der Waals surface area contributed by atoms with Crippen LogP contribution in [0.5, 0.6) is 5.75 Å². The van der Waals surface area contributed by atoms with Gasteiger partial charge in [0, 0.05) is 15.1 Å². The van der Waals surface area contributed by atoms with Crippen LogP contribution in [0.15, 0.2) is 45.6 Å². The van der Waals surface area contributed by atoms with E-state index in [0.29, 0.717) is 6.61 Å². The summed E-state index contributed by atoms with van der Waals surface area (Å²) in [4.78, 5) is 4.17. The molecule has 0 bridgehead atoms. The molecule has 2 rings (SSSR count). The Kier molecular flexibility index (Phi) is 4.96. The minimum absolute atomic E-state index is 0.250. The fourth-order valence-electron chi connectivity index (χ4n) is 1.78. The molecule has 0 aliphatic rings. The SMILES string of the molecule is CCOc1cncc(C(N)c2cc(Br)ccc2Br)c1. The van der Waals surface area contributed by atoms with Crippen LogP contribution in [-0.4, -0.2) is 11.6 Å². The van der Waals surface area contributed by atoms with Gasteiger partial charge in [-0.1, -0.05) is 31.9 Å². The molecule has 100 valence electrons. The number of pyridine rings is 1. The molecule has 0 fully saturated rings. The highest BCUT2D eigenvalue weighted by atomic mass is 79.9. The van der Waals surface area contributed by atoms with Gasteiger partial charge in [0.05, 0.1) is 18.8 Å². The fourth-order valence-corrected chi connectivity index (χ4v) is 2.66. The minimum Gasteiger partial charge on any atom is -0.492 e. The molecule has 2 N–H and O–H groups in total. The van der Waals surface area contributed by atoms with Gasteiger partial charge in [-0.3, -0.25) is 4.98 Å². The van der Waals surface area contributed by atoms with Gasteiger partial charge in [0.25, 0.3) is 0 Å². The lowest BCUT2D eigenvalue weighted by Crippen LogP contribution is -2.13. The normalized spacial score (nSPS) is 12.2. The van der Waals surface area contributed by atoms with Crippen LogP contribution in [0.25, 0.3) is 0 Å². The molecule has 1 aromatic heterocycles. The second-order valence-corrected chi connectivity index (χ2v) is 5.80. The topological polar surface area (TPSA) is 48.1 Å². The molecular formula is C14H14Br2N2O. The standard InChI is InChI=1S/C14H14Br2N2O/c1-2-19-11-5-9(7-18-8-11)14(17)12-6-10(15)3-4-13(12)16/h3-8,14H,2,17H2,1H3. The lowest BCUT2D eigenvalue weighted by Gasteiger charge is -2.15. The van der Waals surface area contributed by atoms with Crippen molar-refractivity contribution < 1.29 is 4.74 Å². The van der Waals surface area contributed by atoms with Crippen molar-refractivity contribution >= 4 is 31.9 Å². The van der Waals surface area contributed by atoms with Crippen molar-refractivity contribution in [1.29, 1.82) is 0 Å². The van der Waals surface area contributed by atoms with Crippen LogP contribution in [0, 0.1) is 0 Å². The molecule has 5 heteroatoms. The molecule has 1 heterocycles. The molecule has 3 nitrogen and oxygen atoms in total. The van der Waals surface area contributed by atoms with E-state index in [0.717, 1.165) is 25.8 Å². The first-order valence-corrected chi connectivity index (χ1v) is 7.48. The predicted octanol–water partition coefficient (Wildman–Crippen LogP) is 4.05. The van der Waals surface area contributed by atoms with E-state index in [4.69, 9.17) is 10.5 Å². The number of nitrogens with two attached hydrogens (primary N) is 1. The van der Waals surface area contributed by atoms with Gasteiger partial charge in [0.15, 0.2) is 0 Å². The van der Waals surface area contributed by atoms with Crippen LogP contribution in [0.4, 0.5) is 0 Å². The molecule has 0 spiro atoms. The molecule has 0 saturated carbocycles. The molecule has 1 atom stereocenters. The maximum absolute atomic E-state index is 6.30. The summed E-state index contributed by atoms with van der Waals surface area (Å²) >= 11 is 6.98. The molecule has 1 aromatic carbocycles. The molecule has 0 amide bonds. The van der Waals surface area contributed by atoms with Gasteiger partial charge in [0.2, 0.25) is 0 Å². The summed E-state index contributed by atoms with van der Waals surface area (Å²) in [6.07, 6.45) is 3.45. The quantitative estimate of drug-likeness (QED) is 0.863. The third-order valence-corrected chi connectivity index (χ3v) is 3.91. The van der Waals surface area contributed by atoms with Gasteiger partial charge < -0.3 is 10.5 Å². The highest BCUT2D eigenvalue weighted by molar-refractivity contribution is 9.11. The number of aromatic nitrogens is 1. The van der Waals surface area contributed by atoms with Crippen LogP contribution >= 0.6 is 31.9 Å². The molecule has 2 aromatic rings. The summed E-state index contributed by atoms with van der Waals surface area (Å²) in [5.74, 6) is 0.738. The van der Waals surface area contributed by atoms with Gasteiger partial charge in [-0.05, 0) is 42.3 Å². The van der Waals surface area contributed by atoms with Crippen molar-refractivity contribution in [2.45, 2.75) is 13.0 Å². The number of nitrogens with zero attached hydrogens (tertiary/aromatic N) is 1. The highest BCUT2D eigenvalue weighted by Crippen LogP contribution is 2.30. The molecule has 0 saturated heterocycles. The summed E-state index contributed by atoms with van der Waals surface area (Å²) in [7, 11) is 0. The molecule has 0 aliphatic heterocycles. The molecule has 0 radical (unpaired) electrons. The van der Waals surface area contributed by atoms with Crippen molar-refractivity contribution in [3.05, 3.63) is 56.7 Å². The maximum Gasteiger partial charge on any atom is 0.137 e. The Morgan fingerprint density at radius 2 is 2.05 bits per heavy atom. The largest absolute Gasteiger partial charge is 0.492 e. The number of ether oxygens (including phenoxy) is 1. The number of hydrogen-bond donors (Lipinski definition) is 1. The van der Waals surface area contributed by atoms with E-state index >= 15 is 0 Å². The lowest BCUT2D eigenvalue weighted by molar-refractivity contribution is 0.338. The van der Waals surface area contributed by atoms with Crippen molar-refractivity contribution in [3.8, 4) is 5.75 Å². The van der Waals surface area contributed by atoms with E-state index in [9.17, 15) is 0 Å². The molecular weight excluding hydrogens is 372 g/mol. The number of hydrogen-bond acceptors (Lipinski definition) is 3. The molecule has 1 unspecified atom stereocenters. The zero-order chi connectivity index (χ0) is 13.8. The smallest absolute Gasteiger partial charge is 0.137 e. The van der Waals surface area contributed by atoms with E-state index in [-0.39, 0.29) is 6.04 Å². The Balaban J connectivity index is 2.35. The maximum atomic E-state index is 6.30. The number of benzene rings is 1. The van der Waals surface area contributed by atoms with E-state index in [1.165, 1.54) is 0 Å². The number of rotatable bonds is 4. The Hall–Kier alpha value is -0.910. The first kappa shape index (κ1) is 14.5. The second kappa shape index (κ2) is 6.50. The van der Waals surface area contributed by atoms with E-state index in [1.54, 1.807) is 12.4 Å². The van der Waals surface area contributed by atoms with Crippen LogP contribution in [0.2, 0.25) is 0 Å². The summed E-state index contributed by atoms with van der Waals surface area (Å²) in [5, 5.41) is 0. The Morgan fingerprint density at radius 3 is 2.79 bits per heavy atom.